The number of piperidine rings is 1. The molecule has 2 bridgehead atoms. The largest absolute Gasteiger partial charge is 0.359 e. The van der Waals surface area contributed by atoms with Gasteiger partial charge >= 0.3 is 0 Å². The smallest absolute Gasteiger partial charge is 0.128 e. The van der Waals surface area contributed by atoms with Crippen molar-refractivity contribution in [3.63, 3.8) is 0 Å². The van der Waals surface area contributed by atoms with E-state index in [1.165, 1.54) is 5.56 Å². The average molecular weight is 356 g/mol. The first-order valence-electron chi connectivity index (χ1n) is 8.66. The van der Waals surface area contributed by atoms with Gasteiger partial charge in [-0.25, -0.2) is 9.98 Å². The number of dihydropyridines is 1. The average Bonchev–Trinajstić information content (AvgIpc) is 2.80. The maximum Gasteiger partial charge on any atom is 0.128 e. The van der Waals surface area contributed by atoms with E-state index < -0.39 is 0 Å². The predicted molar refractivity (Wildman–Crippen MR) is 103 cm³/mol. The predicted octanol–water partition coefficient (Wildman–Crippen LogP) is 2.65. The summed E-state index contributed by atoms with van der Waals surface area (Å²) in [6.07, 6.45) is 9.84. The molecule has 0 aromatic heterocycles. The van der Waals surface area contributed by atoms with Crippen molar-refractivity contribution in [3.05, 3.63) is 59.0 Å². The van der Waals surface area contributed by atoms with E-state index in [1.807, 2.05) is 18.3 Å². The fourth-order valence-electron chi connectivity index (χ4n) is 3.86. The normalized spacial score (nSPS) is 24.2. The van der Waals surface area contributed by atoms with Gasteiger partial charge in [-0.05, 0) is 42.8 Å². The summed E-state index contributed by atoms with van der Waals surface area (Å²) in [6, 6.07) is 8.15. The zero-order chi connectivity index (χ0) is 17.3. The fraction of sp³-hybridized carbons (Fsp3) is 0.368. The van der Waals surface area contributed by atoms with Gasteiger partial charge in [0.05, 0.1) is 5.92 Å². The van der Waals surface area contributed by atoms with Crippen LogP contribution in [0, 0.1) is 5.92 Å². The Bertz CT molecular complexity index is 755. The van der Waals surface area contributed by atoms with Crippen LogP contribution in [0.25, 0.3) is 0 Å². The topological polar surface area (TPSA) is 66.0 Å². The molecule has 6 heteroatoms. The first-order valence-corrected chi connectivity index (χ1v) is 9.04. The Hall–Kier alpha value is -2.11. The number of fused-ring (bicyclic) bond motifs is 1. The molecule has 3 heterocycles. The Balaban J connectivity index is 1.52. The summed E-state index contributed by atoms with van der Waals surface area (Å²) < 4.78 is 0. The summed E-state index contributed by atoms with van der Waals surface area (Å²) in [5, 5.41) is 3.89. The second kappa shape index (κ2) is 6.65. The molecule has 0 aliphatic carbocycles. The zero-order valence-corrected chi connectivity index (χ0v) is 14.8. The van der Waals surface area contributed by atoms with Crippen molar-refractivity contribution in [1.29, 1.82) is 0 Å². The summed E-state index contributed by atoms with van der Waals surface area (Å²) in [6.45, 7) is 2.52. The maximum atomic E-state index is 6.21. The number of hydrogen-bond acceptors (Lipinski definition) is 5. The summed E-state index contributed by atoms with van der Waals surface area (Å²) in [5.41, 5.74) is 7.51. The lowest BCUT2D eigenvalue weighted by Crippen LogP contribution is -2.49. The maximum absolute atomic E-state index is 6.21. The van der Waals surface area contributed by atoms with Crippen LogP contribution in [-0.2, 0) is 5.41 Å². The van der Waals surface area contributed by atoms with Crippen LogP contribution in [0.1, 0.15) is 18.4 Å². The van der Waals surface area contributed by atoms with Crippen LogP contribution in [0.2, 0.25) is 5.02 Å². The van der Waals surface area contributed by atoms with E-state index in [2.05, 4.69) is 44.5 Å². The van der Waals surface area contributed by atoms with E-state index in [0.29, 0.717) is 6.54 Å². The number of nitrogens with zero attached hydrogens (tertiary/aromatic N) is 3. The molecule has 1 aromatic carbocycles. The lowest BCUT2D eigenvalue weighted by Gasteiger charge is -2.43. The lowest BCUT2D eigenvalue weighted by molar-refractivity contribution is 0.227. The second-order valence-electron chi connectivity index (χ2n) is 6.79. The van der Waals surface area contributed by atoms with Crippen LogP contribution >= 0.6 is 11.6 Å². The molecule has 0 amide bonds. The van der Waals surface area contributed by atoms with Crippen LogP contribution in [-0.4, -0.2) is 36.7 Å². The molecule has 1 atom stereocenters. The monoisotopic (exact) mass is 355 g/mol. The van der Waals surface area contributed by atoms with Gasteiger partial charge in [0.2, 0.25) is 0 Å². The molecule has 4 rings (SSSR count). The van der Waals surface area contributed by atoms with E-state index >= 15 is 0 Å². The number of rotatable bonds is 2. The zero-order valence-electron chi connectivity index (χ0n) is 14.0. The molecule has 3 aliphatic rings. The minimum Gasteiger partial charge on any atom is -0.359 e. The van der Waals surface area contributed by atoms with Gasteiger partial charge in [-0.1, -0.05) is 29.8 Å². The summed E-state index contributed by atoms with van der Waals surface area (Å²) in [4.78, 5) is 11.3. The lowest BCUT2D eigenvalue weighted by atomic mass is 9.72. The van der Waals surface area contributed by atoms with E-state index in [-0.39, 0.29) is 11.3 Å². The Morgan fingerprint density at radius 2 is 2.00 bits per heavy atom. The van der Waals surface area contributed by atoms with Crippen molar-refractivity contribution in [1.82, 2.24) is 10.2 Å². The molecular formula is C19H22ClN5. The fourth-order valence-corrected chi connectivity index (χ4v) is 3.98. The second-order valence-corrected chi connectivity index (χ2v) is 7.23. The molecule has 1 aromatic rings. The number of nitrogens with one attached hydrogen (secondary N) is 1. The van der Waals surface area contributed by atoms with Crippen molar-refractivity contribution < 1.29 is 0 Å². The van der Waals surface area contributed by atoms with Gasteiger partial charge < -0.3 is 16.0 Å². The summed E-state index contributed by atoms with van der Waals surface area (Å²) in [7, 11) is 0. The summed E-state index contributed by atoms with van der Waals surface area (Å²) in [5.74, 6) is 2.11. The molecule has 25 heavy (non-hydrogen) atoms. The highest BCUT2D eigenvalue weighted by Crippen LogP contribution is 2.36. The van der Waals surface area contributed by atoms with E-state index in [4.69, 9.17) is 17.3 Å². The number of likely N-dealkylation sites (tertiary alicyclic amines) is 1. The van der Waals surface area contributed by atoms with Gasteiger partial charge in [0.1, 0.15) is 18.0 Å². The summed E-state index contributed by atoms with van der Waals surface area (Å²) >= 11 is 6.04. The van der Waals surface area contributed by atoms with Crippen LogP contribution in [0.5, 0.6) is 0 Å². The molecule has 1 saturated heterocycles. The highest BCUT2D eigenvalue weighted by Gasteiger charge is 2.37. The quantitative estimate of drug-likeness (QED) is 0.857. The van der Waals surface area contributed by atoms with Gasteiger partial charge in [-0.2, -0.15) is 0 Å². The van der Waals surface area contributed by atoms with Crippen LogP contribution in [0.3, 0.4) is 0 Å². The van der Waals surface area contributed by atoms with E-state index in [0.717, 1.165) is 42.6 Å². The van der Waals surface area contributed by atoms with Crippen LogP contribution in [0.4, 0.5) is 0 Å². The molecule has 1 fully saturated rings. The first kappa shape index (κ1) is 16.4. The number of hydrogen-bond donors (Lipinski definition) is 2. The number of amidine groups is 1. The Morgan fingerprint density at radius 1 is 1.24 bits per heavy atom. The third kappa shape index (κ3) is 3.10. The van der Waals surface area contributed by atoms with E-state index in [1.54, 1.807) is 6.34 Å². The number of benzene rings is 1. The van der Waals surface area contributed by atoms with Crippen molar-refractivity contribution in [2.24, 2.45) is 21.6 Å². The highest BCUT2D eigenvalue weighted by atomic mass is 35.5. The minimum atomic E-state index is 0.0193. The molecule has 0 spiro atoms. The number of halogens is 1. The minimum absolute atomic E-state index is 0.0193. The Labute approximate surface area is 153 Å². The third-order valence-electron chi connectivity index (χ3n) is 5.45. The Kier molecular flexibility index (Phi) is 4.36. The Morgan fingerprint density at radius 3 is 2.72 bits per heavy atom. The number of nitrogens with two attached hydrogens (primary N) is 1. The molecule has 1 unspecified atom stereocenters. The third-order valence-corrected chi connectivity index (χ3v) is 5.70. The first-order chi connectivity index (χ1) is 12.2. The van der Waals surface area contributed by atoms with Crippen molar-refractivity contribution in [2.75, 3.05) is 19.6 Å². The van der Waals surface area contributed by atoms with Gasteiger partial charge in [0.15, 0.2) is 0 Å². The van der Waals surface area contributed by atoms with Crippen molar-refractivity contribution in [3.8, 4) is 0 Å². The van der Waals surface area contributed by atoms with Crippen molar-refractivity contribution in [2.45, 2.75) is 18.3 Å². The van der Waals surface area contributed by atoms with Gasteiger partial charge in [-0.15, -0.1) is 0 Å². The van der Waals surface area contributed by atoms with Crippen molar-refractivity contribution >= 4 is 23.8 Å². The standard InChI is InChI=1S/C19H22ClN5/c20-16-3-1-15(2-4-16)19(12-21)6-9-25(10-7-19)18-14-5-8-22-17(11-14)23-13-24-18/h1-5,8,11,13-14,22H,6-7,9-10,12,21H2. The number of aliphatic imine (C=N–C) groups is 2. The van der Waals surface area contributed by atoms with Gasteiger partial charge in [0, 0.05) is 30.1 Å². The van der Waals surface area contributed by atoms with Crippen LogP contribution in [0.15, 0.2) is 58.4 Å². The molecule has 0 radical (unpaired) electrons. The SMILES string of the molecule is NCC1(c2ccc(Cl)cc2)CCN(C2=NC=NC3=CC2C=CN3)CC1. The van der Waals surface area contributed by atoms with E-state index in [9.17, 15) is 0 Å². The molecule has 5 nitrogen and oxygen atoms in total. The molecule has 0 saturated carbocycles. The molecular weight excluding hydrogens is 334 g/mol. The van der Waals surface area contributed by atoms with Crippen LogP contribution < -0.4 is 11.1 Å². The molecule has 3 aliphatic heterocycles. The van der Waals surface area contributed by atoms with Gasteiger partial charge in [0.25, 0.3) is 0 Å². The highest BCUT2D eigenvalue weighted by molar-refractivity contribution is 6.30. The molecule has 3 N–H and O–H groups in total. The van der Waals surface area contributed by atoms with Gasteiger partial charge in [-0.3, -0.25) is 0 Å². The molecule has 130 valence electrons.